The summed E-state index contributed by atoms with van der Waals surface area (Å²) in [4.78, 5) is 1.71. The van der Waals surface area contributed by atoms with Gasteiger partial charge in [0.15, 0.2) is 0 Å². The Hall–Kier alpha value is -1.60. The number of hydrogen-bond acceptors (Lipinski definition) is 4. The molecule has 1 aromatic carbocycles. The van der Waals surface area contributed by atoms with Gasteiger partial charge in [-0.05, 0) is 37.6 Å². The van der Waals surface area contributed by atoms with Gasteiger partial charge in [0.1, 0.15) is 0 Å². The molecule has 1 saturated heterocycles. The first-order valence-electron chi connectivity index (χ1n) is 7.29. The quantitative estimate of drug-likeness (QED) is 0.837. The molecule has 2 aromatic rings. The lowest BCUT2D eigenvalue weighted by atomic mass is 9.97. The summed E-state index contributed by atoms with van der Waals surface area (Å²) in [5.41, 5.74) is 0.683. The van der Waals surface area contributed by atoms with E-state index in [0.29, 0.717) is 35.3 Å². The van der Waals surface area contributed by atoms with Crippen LogP contribution in [-0.2, 0) is 6.54 Å². The maximum Gasteiger partial charge on any atom is 0.393 e. The number of benzene rings is 1. The molecule has 1 aliphatic heterocycles. The molecule has 1 aliphatic rings. The molecule has 0 spiro atoms. The van der Waals surface area contributed by atoms with Gasteiger partial charge in [0, 0.05) is 17.1 Å². The summed E-state index contributed by atoms with van der Waals surface area (Å²) in [6, 6.07) is 6.97. The molecule has 0 saturated carbocycles. The first-order chi connectivity index (χ1) is 10.9. The highest BCUT2D eigenvalue weighted by atomic mass is 35.5. The van der Waals surface area contributed by atoms with E-state index in [4.69, 9.17) is 16.0 Å². The van der Waals surface area contributed by atoms with Crippen LogP contribution in [0.25, 0.3) is 11.5 Å². The number of likely N-dealkylation sites (tertiary alicyclic amines) is 1. The Bertz CT molecular complexity index is 674. The topological polar surface area (TPSA) is 42.2 Å². The van der Waals surface area contributed by atoms with E-state index >= 15 is 0 Å². The molecular formula is C15H15ClF3N3O. The van der Waals surface area contributed by atoms with Gasteiger partial charge < -0.3 is 4.42 Å². The number of alkyl halides is 3. The van der Waals surface area contributed by atoms with Crippen LogP contribution in [0.4, 0.5) is 13.2 Å². The van der Waals surface area contributed by atoms with Gasteiger partial charge in [-0.15, -0.1) is 10.2 Å². The van der Waals surface area contributed by atoms with E-state index in [0.717, 1.165) is 0 Å². The lowest BCUT2D eigenvalue weighted by Crippen LogP contribution is -2.41. The molecule has 0 aliphatic carbocycles. The van der Waals surface area contributed by atoms with Crippen molar-refractivity contribution in [3.8, 4) is 11.5 Å². The number of rotatable bonds is 3. The summed E-state index contributed by atoms with van der Waals surface area (Å²) in [6.45, 7) is 0.792. The molecule has 0 N–H and O–H groups in total. The van der Waals surface area contributed by atoms with Gasteiger partial charge in [0.2, 0.25) is 11.8 Å². The summed E-state index contributed by atoms with van der Waals surface area (Å²) < 4.78 is 44.0. The third-order valence-corrected chi connectivity index (χ3v) is 4.10. The maximum atomic E-state index is 12.8. The predicted octanol–water partition coefficient (Wildman–Crippen LogP) is 4.16. The molecule has 124 valence electrons. The van der Waals surface area contributed by atoms with E-state index < -0.39 is 12.1 Å². The zero-order valence-electron chi connectivity index (χ0n) is 12.2. The summed E-state index contributed by atoms with van der Waals surface area (Å²) in [5.74, 6) is -0.666. The van der Waals surface area contributed by atoms with Crippen LogP contribution in [0.5, 0.6) is 0 Å². The van der Waals surface area contributed by atoms with Crippen LogP contribution in [0.15, 0.2) is 28.7 Å². The fourth-order valence-corrected chi connectivity index (χ4v) is 2.90. The molecule has 3 rings (SSSR count). The average Bonchev–Trinajstić information content (AvgIpc) is 2.95. The minimum Gasteiger partial charge on any atom is -0.419 e. The first-order valence-corrected chi connectivity index (χ1v) is 7.67. The van der Waals surface area contributed by atoms with Crippen LogP contribution in [0, 0.1) is 5.92 Å². The highest BCUT2D eigenvalue weighted by molar-refractivity contribution is 6.30. The molecule has 1 unspecified atom stereocenters. The lowest BCUT2D eigenvalue weighted by Gasteiger charge is -2.32. The maximum absolute atomic E-state index is 12.8. The van der Waals surface area contributed by atoms with Crippen LogP contribution >= 0.6 is 11.6 Å². The van der Waals surface area contributed by atoms with Crippen molar-refractivity contribution < 1.29 is 17.6 Å². The van der Waals surface area contributed by atoms with Gasteiger partial charge >= 0.3 is 6.18 Å². The van der Waals surface area contributed by atoms with Gasteiger partial charge in [0.05, 0.1) is 12.5 Å². The number of halogens is 4. The van der Waals surface area contributed by atoms with Gasteiger partial charge in [0.25, 0.3) is 0 Å². The van der Waals surface area contributed by atoms with Crippen molar-refractivity contribution in [3.05, 3.63) is 35.2 Å². The van der Waals surface area contributed by atoms with E-state index in [1.165, 1.54) is 0 Å². The lowest BCUT2D eigenvalue weighted by molar-refractivity contribution is -0.187. The number of nitrogens with zero attached hydrogens (tertiary/aromatic N) is 3. The second kappa shape index (κ2) is 6.49. The molecule has 0 bridgehead atoms. The van der Waals surface area contributed by atoms with E-state index in [9.17, 15) is 13.2 Å². The molecule has 4 nitrogen and oxygen atoms in total. The Labute approximate surface area is 136 Å². The van der Waals surface area contributed by atoms with Gasteiger partial charge in [-0.3, -0.25) is 4.90 Å². The molecule has 1 fully saturated rings. The Balaban J connectivity index is 1.67. The molecule has 1 aromatic heterocycles. The van der Waals surface area contributed by atoms with Crippen molar-refractivity contribution >= 4 is 11.6 Å². The zero-order valence-corrected chi connectivity index (χ0v) is 12.9. The van der Waals surface area contributed by atoms with Crippen LogP contribution < -0.4 is 0 Å². The predicted molar refractivity (Wildman–Crippen MR) is 78.8 cm³/mol. The SMILES string of the molecule is FC(F)(F)C1CCCN(Cc2nnc(-c3cccc(Cl)c3)o2)C1. The number of piperidine rings is 1. The fourth-order valence-electron chi connectivity index (χ4n) is 2.71. The first kappa shape index (κ1) is 16.3. The fraction of sp³-hybridized carbons (Fsp3) is 0.467. The Morgan fingerprint density at radius 2 is 2.13 bits per heavy atom. The number of aromatic nitrogens is 2. The van der Waals surface area contributed by atoms with E-state index in [-0.39, 0.29) is 19.5 Å². The normalized spacial score (nSPS) is 19.9. The Morgan fingerprint density at radius 1 is 1.30 bits per heavy atom. The molecule has 0 radical (unpaired) electrons. The highest BCUT2D eigenvalue weighted by Crippen LogP contribution is 2.33. The average molecular weight is 346 g/mol. The van der Waals surface area contributed by atoms with Crippen LogP contribution in [-0.4, -0.2) is 34.4 Å². The Morgan fingerprint density at radius 3 is 2.87 bits per heavy atom. The van der Waals surface area contributed by atoms with Gasteiger partial charge in [-0.1, -0.05) is 17.7 Å². The zero-order chi connectivity index (χ0) is 16.4. The van der Waals surface area contributed by atoms with Crippen molar-refractivity contribution in [2.24, 2.45) is 5.92 Å². The van der Waals surface area contributed by atoms with E-state index in [1.807, 2.05) is 0 Å². The molecule has 23 heavy (non-hydrogen) atoms. The summed E-state index contributed by atoms with van der Waals surface area (Å²) in [6.07, 6.45) is -3.46. The molecule has 1 atom stereocenters. The van der Waals surface area contributed by atoms with Crippen LogP contribution in [0.1, 0.15) is 18.7 Å². The number of hydrogen-bond donors (Lipinski definition) is 0. The standard InChI is InChI=1S/C15H15ClF3N3O/c16-12-5-1-3-10(7-12)14-21-20-13(23-14)9-22-6-2-4-11(8-22)15(17,18)19/h1,3,5,7,11H,2,4,6,8-9H2. The van der Waals surface area contributed by atoms with Crippen molar-refractivity contribution in [1.82, 2.24) is 15.1 Å². The highest BCUT2D eigenvalue weighted by Gasteiger charge is 2.41. The minimum atomic E-state index is -4.15. The molecule has 0 amide bonds. The van der Waals surface area contributed by atoms with Gasteiger partial charge in [-0.2, -0.15) is 13.2 Å². The van der Waals surface area contributed by atoms with Gasteiger partial charge in [-0.25, -0.2) is 0 Å². The van der Waals surface area contributed by atoms with Crippen molar-refractivity contribution in [2.45, 2.75) is 25.6 Å². The van der Waals surface area contributed by atoms with Crippen molar-refractivity contribution in [1.29, 1.82) is 0 Å². The largest absolute Gasteiger partial charge is 0.419 e. The van der Waals surface area contributed by atoms with Crippen LogP contribution in [0.3, 0.4) is 0 Å². The van der Waals surface area contributed by atoms with Crippen molar-refractivity contribution in [2.75, 3.05) is 13.1 Å². The monoisotopic (exact) mass is 345 g/mol. The third-order valence-electron chi connectivity index (χ3n) is 3.87. The van der Waals surface area contributed by atoms with Crippen molar-refractivity contribution in [3.63, 3.8) is 0 Å². The second-order valence-corrected chi connectivity index (χ2v) is 6.06. The van der Waals surface area contributed by atoms with E-state index in [2.05, 4.69) is 10.2 Å². The molecular weight excluding hydrogens is 331 g/mol. The Kier molecular flexibility index (Phi) is 4.59. The summed E-state index contributed by atoms with van der Waals surface area (Å²) in [5, 5.41) is 8.41. The minimum absolute atomic E-state index is 0.0294. The smallest absolute Gasteiger partial charge is 0.393 e. The summed E-state index contributed by atoms with van der Waals surface area (Å²) in [7, 11) is 0. The molecule has 2 heterocycles. The summed E-state index contributed by atoms with van der Waals surface area (Å²) >= 11 is 5.91. The van der Waals surface area contributed by atoms with E-state index in [1.54, 1.807) is 29.2 Å². The third kappa shape index (κ3) is 4.03. The van der Waals surface area contributed by atoms with Crippen LogP contribution in [0.2, 0.25) is 5.02 Å². The second-order valence-electron chi connectivity index (χ2n) is 5.63. The molecule has 8 heteroatoms.